The molecular formula is C43H52ClN13O8. The highest BCUT2D eigenvalue weighted by Crippen LogP contribution is 2.31. The number of carbonyl (C=O) groups excluding carboxylic acids is 5. The van der Waals surface area contributed by atoms with Gasteiger partial charge in [-0.15, -0.1) is 5.10 Å². The van der Waals surface area contributed by atoms with Crippen molar-refractivity contribution in [1.82, 2.24) is 51.9 Å². The number of ether oxygens (including phenoxy) is 1. The van der Waals surface area contributed by atoms with E-state index in [9.17, 15) is 33.9 Å². The number of carboxylic acid groups (broad SMARTS) is 1. The maximum Gasteiger partial charge on any atom is 0.408 e. The maximum atomic E-state index is 13.4. The number of aliphatic carboxylic acids is 1. The summed E-state index contributed by atoms with van der Waals surface area (Å²) < 4.78 is 5.27. The summed E-state index contributed by atoms with van der Waals surface area (Å²) >= 11 is 6.63. The number of nitrogens with one attached hydrogen (secondary N) is 6. The zero-order chi connectivity index (χ0) is 47.6. The lowest BCUT2D eigenvalue weighted by Crippen LogP contribution is -2.54. The van der Waals surface area contributed by atoms with E-state index < -0.39 is 59.4 Å². The van der Waals surface area contributed by atoms with E-state index in [-0.39, 0.29) is 65.3 Å². The highest BCUT2D eigenvalue weighted by Gasteiger charge is 2.29. The summed E-state index contributed by atoms with van der Waals surface area (Å²) in [6.45, 7) is 10.1. The summed E-state index contributed by atoms with van der Waals surface area (Å²) in [5, 5.41) is 37.7. The number of halogens is 1. The second kappa shape index (κ2) is 21.3. The molecule has 0 spiro atoms. The van der Waals surface area contributed by atoms with Gasteiger partial charge >= 0.3 is 12.1 Å². The van der Waals surface area contributed by atoms with Gasteiger partial charge in [-0.2, -0.15) is 4.98 Å². The van der Waals surface area contributed by atoms with Gasteiger partial charge in [0.1, 0.15) is 29.5 Å². The SMILES string of the molecule is CC(C)[C@H](NC(=O)OC(C)(C)C)C(=O)N[C@@H](C)C(=O)Nc1ccc(C(=O)NCCC[C@H](NC(=O)c2ccc(CCc3ccc4nc(N)nc(N)c4c3Cl)cc2)C(=O)O)c(-c2nnn[nH]2)c1. The summed E-state index contributed by atoms with van der Waals surface area (Å²) in [5.74, 6) is -3.53. The highest BCUT2D eigenvalue weighted by atomic mass is 35.5. The van der Waals surface area contributed by atoms with Crippen molar-refractivity contribution in [2.75, 3.05) is 23.3 Å². The van der Waals surface area contributed by atoms with Crippen molar-refractivity contribution < 1.29 is 38.6 Å². The van der Waals surface area contributed by atoms with Crippen molar-refractivity contribution in [3.05, 3.63) is 81.9 Å². The third kappa shape index (κ3) is 13.3. The fourth-order valence-electron chi connectivity index (χ4n) is 6.55. The number of nitrogens with two attached hydrogens (primary N) is 2. The number of amides is 5. The molecule has 11 N–H and O–H groups in total. The molecule has 21 nitrogen and oxygen atoms in total. The Morgan fingerprint density at radius 3 is 2.25 bits per heavy atom. The molecular weight excluding hydrogens is 862 g/mol. The van der Waals surface area contributed by atoms with E-state index in [1.165, 1.54) is 25.1 Å². The van der Waals surface area contributed by atoms with Crippen molar-refractivity contribution in [2.45, 2.75) is 91.0 Å². The van der Waals surface area contributed by atoms with E-state index >= 15 is 0 Å². The average Bonchev–Trinajstić information content (AvgIpc) is 3.78. The molecule has 0 radical (unpaired) electrons. The van der Waals surface area contributed by atoms with Crippen molar-refractivity contribution in [1.29, 1.82) is 0 Å². The molecule has 0 saturated carbocycles. The maximum absolute atomic E-state index is 13.4. The Labute approximate surface area is 378 Å². The summed E-state index contributed by atoms with van der Waals surface area (Å²) in [5.41, 5.74) is 14.1. The van der Waals surface area contributed by atoms with Gasteiger partial charge in [0.25, 0.3) is 11.8 Å². The topological polar surface area (TPSA) is 324 Å². The zero-order valence-electron chi connectivity index (χ0n) is 36.6. The number of hydrogen-bond acceptors (Lipinski definition) is 14. The number of fused-ring (bicyclic) bond motifs is 1. The van der Waals surface area contributed by atoms with E-state index in [1.54, 1.807) is 65.0 Å². The van der Waals surface area contributed by atoms with Gasteiger partial charge in [0.2, 0.25) is 17.8 Å². The minimum absolute atomic E-state index is 0.00164. The Morgan fingerprint density at radius 1 is 0.877 bits per heavy atom. The molecule has 2 aromatic heterocycles. The smallest absolute Gasteiger partial charge is 0.408 e. The minimum Gasteiger partial charge on any atom is -0.480 e. The molecule has 0 aliphatic heterocycles. The molecule has 65 heavy (non-hydrogen) atoms. The molecule has 3 atom stereocenters. The Balaban J connectivity index is 1.13. The van der Waals surface area contributed by atoms with E-state index in [1.807, 2.05) is 6.07 Å². The Bertz CT molecular complexity index is 2550. The quantitative estimate of drug-likeness (QED) is 0.0565. The third-order valence-electron chi connectivity index (χ3n) is 9.89. The number of aromatic nitrogens is 6. The van der Waals surface area contributed by atoms with Crippen molar-refractivity contribution in [3.8, 4) is 11.4 Å². The molecule has 0 fully saturated rings. The molecule has 0 bridgehead atoms. The van der Waals surface area contributed by atoms with Crippen LogP contribution in [-0.2, 0) is 32.0 Å². The van der Waals surface area contributed by atoms with Crippen molar-refractivity contribution in [2.24, 2.45) is 5.92 Å². The molecule has 0 aliphatic carbocycles. The van der Waals surface area contributed by atoms with Gasteiger partial charge in [0.05, 0.1) is 21.5 Å². The van der Waals surface area contributed by atoms with E-state index in [0.29, 0.717) is 28.8 Å². The average molecular weight is 914 g/mol. The van der Waals surface area contributed by atoms with Crippen LogP contribution in [0.3, 0.4) is 0 Å². The monoisotopic (exact) mass is 913 g/mol. The lowest BCUT2D eigenvalue weighted by atomic mass is 10.0. The second-order valence-corrected chi connectivity index (χ2v) is 16.8. The molecule has 0 saturated heterocycles. The lowest BCUT2D eigenvalue weighted by molar-refractivity contribution is -0.139. The summed E-state index contributed by atoms with van der Waals surface area (Å²) in [4.78, 5) is 85.4. The molecule has 0 unspecified atom stereocenters. The van der Waals surface area contributed by atoms with Gasteiger partial charge in [-0.05, 0) is 117 Å². The molecule has 22 heteroatoms. The number of H-pyrrole nitrogens is 1. The molecule has 5 aromatic rings. The number of carbonyl (C=O) groups is 6. The number of carboxylic acids is 1. The van der Waals surface area contributed by atoms with Crippen LogP contribution < -0.4 is 38.1 Å². The number of anilines is 3. The van der Waals surface area contributed by atoms with Crippen LogP contribution in [0.2, 0.25) is 5.02 Å². The Morgan fingerprint density at radius 2 is 1.60 bits per heavy atom. The first-order valence-corrected chi connectivity index (χ1v) is 21.0. The molecule has 5 amide bonds. The third-order valence-corrected chi connectivity index (χ3v) is 10.3. The fraction of sp³-hybridized carbons (Fsp3) is 0.372. The first-order valence-electron chi connectivity index (χ1n) is 20.6. The Kier molecular flexibility index (Phi) is 15.9. The number of aromatic amines is 1. The number of aryl methyl sites for hydroxylation is 2. The molecule has 3 aromatic carbocycles. The summed E-state index contributed by atoms with van der Waals surface area (Å²) in [6.07, 6.45) is 0.559. The number of benzene rings is 3. The lowest BCUT2D eigenvalue weighted by Gasteiger charge is -2.26. The van der Waals surface area contributed by atoms with Crippen LogP contribution in [0.15, 0.2) is 54.6 Å². The largest absolute Gasteiger partial charge is 0.480 e. The van der Waals surface area contributed by atoms with Crippen molar-refractivity contribution >= 4 is 75.6 Å². The number of nitrogen functional groups attached to an aromatic ring is 2. The number of tetrazole rings is 1. The van der Waals surface area contributed by atoms with Crippen LogP contribution in [0.1, 0.15) is 86.2 Å². The molecule has 2 heterocycles. The van der Waals surface area contributed by atoms with E-state index in [4.69, 9.17) is 27.8 Å². The second-order valence-electron chi connectivity index (χ2n) is 16.5. The fourth-order valence-corrected chi connectivity index (χ4v) is 6.90. The van der Waals surface area contributed by atoms with Gasteiger partial charge in [0, 0.05) is 23.4 Å². The van der Waals surface area contributed by atoms with Crippen LogP contribution in [0, 0.1) is 5.92 Å². The minimum atomic E-state index is -1.25. The van der Waals surface area contributed by atoms with E-state index in [2.05, 4.69) is 57.2 Å². The highest BCUT2D eigenvalue weighted by molar-refractivity contribution is 6.37. The molecule has 0 aliphatic rings. The van der Waals surface area contributed by atoms with Crippen LogP contribution in [-0.4, -0.2) is 102 Å². The van der Waals surface area contributed by atoms with Crippen LogP contribution in [0.4, 0.5) is 22.2 Å². The van der Waals surface area contributed by atoms with Crippen LogP contribution in [0.5, 0.6) is 0 Å². The van der Waals surface area contributed by atoms with Gasteiger partial charge in [0.15, 0.2) is 5.82 Å². The van der Waals surface area contributed by atoms with Crippen molar-refractivity contribution in [3.63, 3.8) is 0 Å². The molecule has 5 rings (SSSR count). The van der Waals surface area contributed by atoms with Gasteiger partial charge < -0.3 is 47.9 Å². The van der Waals surface area contributed by atoms with Gasteiger partial charge in [-0.1, -0.05) is 43.6 Å². The van der Waals surface area contributed by atoms with Crippen LogP contribution >= 0.6 is 11.6 Å². The number of rotatable bonds is 18. The van der Waals surface area contributed by atoms with Crippen LogP contribution in [0.25, 0.3) is 22.3 Å². The molecule has 344 valence electrons. The standard InChI is InChI=1S/C43H52ClN13O8/c1-21(2)33(52-42(64)65-43(4,5)6)39(61)48-22(3)36(58)49-26-16-17-27(28(20-26)35-54-56-57-55-35)38(60)47-19-7-8-30(40(62)63)50-37(59)25-13-10-23(11-14-25)9-12-24-15-18-29-31(32(24)44)34(45)53-41(46)51-29/h10-11,13-18,20-22,30,33H,7-9,12,19H2,1-6H3,(H,47,60)(H,48,61)(H,49,58)(H,50,59)(H,52,64)(H,62,63)(H4,45,46,51,53)(H,54,55,56,57)/t22-,30-,33-/m0/s1. The van der Waals surface area contributed by atoms with E-state index in [0.717, 1.165) is 11.1 Å². The predicted molar refractivity (Wildman–Crippen MR) is 242 cm³/mol. The summed E-state index contributed by atoms with van der Waals surface area (Å²) in [6, 6.07) is 11.5. The number of nitrogens with zero attached hydrogens (tertiary/aromatic N) is 5. The normalized spacial score (nSPS) is 12.7. The number of alkyl carbamates (subject to hydrolysis) is 1. The first kappa shape index (κ1) is 48.6. The van der Waals surface area contributed by atoms with Gasteiger partial charge in [-0.25, -0.2) is 19.7 Å². The first-order chi connectivity index (χ1) is 30.7. The number of hydrogen-bond donors (Lipinski definition) is 9. The zero-order valence-corrected chi connectivity index (χ0v) is 37.4. The summed E-state index contributed by atoms with van der Waals surface area (Å²) in [7, 11) is 0. The predicted octanol–water partition coefficient (Wildman–Crippen LogP) is 3.80. The van der Waals surface area contributed by atoms with Gasteiger partial charge in [-0.3, -0.25) is 19.2 Å². The Hall–Kier alpha value is -7.42.